The van der Waals surface area contributed by atoms with Gasteiger partial charge in [-0.2, -0.15) is 0 Å². The quantitative estimate of drug-likeness (QED) is 0.619. The molecule has 1 amide bonds. The zero-order valence-corrected chi connectivity index (χ0v) is 18.0. The Kier molecular flexibility index (Phi) is 7.52. The van der Waals surface area contributed by atoms with Crippen LogP contribution in [0.4, 0.5) is 5.69 Å². The van der Waals surface area contributed by atoms with Gasteiger partial charge >= 0.3 is 0 Å². The summed E-state index contributed by atoms with van der Waals surface area (Å²) in [5.74, 6) is 0.307. The lowest BCUT2D eigenvalue weighted by Crippen LogP contribution is -2.41. The van der Waals surface area contributed by atoms with Crippen molar-refractivity contribution in [3.63, 3.8) is 0 Å². The van der Waals surface area contributed by atoms with E-state index < -0.39 is 10.0 Å². The summed E-state index contributed by atoms with van der Waals surface area (Å²) < 4.78 is 31.4. The van der Waals surface area contributed by atoms with Crippen LogP contribution in [0.25, 0.3) is 0 Å². The Labute approximate surface area is 178 Å². The van der Waals surface area contributed by atoms with Crippen molar-refractivity contribution in [2.45, 2.75) is 32.3 Å². The van der Waals surface area contributed by atoms with Gasteiger partial charge in [-0.15, -0.1) is 0 Å². The van der Waals surface area contributed by atoms with Crippen LogP contribution in [0.3, 0.4) is 0 Å². The topological polar surface area (TPSA) is 75.7 Å². The number of benzene rings is 2. The Morgan fingerprint density at radius 1 is 1.07 bits per heavy atom. The molecular formula is C23H28N2O4S. The molecule has 0 aromatic heterocycles. The van der Waals surface area contributed by atoms with Crippen LogP contribution < -0.4 is 14.4 Å². The second-order valence-corrected chi connectivity index (χ2v) is 9.33. The van der Waals surface area contributed by atoms with Crippen molar-refractivity contribution in [2.75, 3.05) is 23.7 Å². The number of rotatable bonds is 9. The van der Waals surface area contributed by atoms with E-state index in [-0.39, 0.29) is 12.5 Å². The normalized spacial score (nSPS) is 14.0. The molecule has 6 nitrogen and oxygen atoms in total. The number of carbonyl (C=O) groups is 1. The number of nitrogens with one attached hydrogen (secondary N) is 1. The molecule has 1 N–H and O–H groups in total. The van der Waals surface area contributed by atoms with Crippen LogP contribution >= 0.6 is 0 Å². The standard InChI is InChI=1S/C23H28N2O4S/c1-30(27,28)25(17-23(26)24-16-19-8-4-2-5-9-19)21-12-14-22(15-13-21)29-18-20-10-6-3-7-11-20/h3,6-8,10-15H,2,4-5,9,16-18H2,1H3,(H,24,26). The fraction of sp³-hybridized carbons (Fsp3) is 0.348. The van der Waals surface area contributed by atoms with Gasteiger partial charge in [-0.3, -0.25) is 9.10 Å². The Morgan fingerprint density at radius 2 is 1.80 bits per heavy atom. The number of nitrogens with zero attached hydrogens (tertiary/aromatic N) is 1. The third-order valence-electron chi connectivity index (χ3n) is 4.96. The summed E-state index contributed by atoms with van der Waals surface area (Å²) in [4.78, 5) is 12.4. The van der Waals surface area contributed by atoms with Crippen LogP contribution in [0.2, 0.25) is 0 Å². The van der Waals surface area contributed by atoms with E-state index in [0.717, 1.165) is 35.4 Å². The van der Waals surface area contributed by atoms with Gasteiger partial charge in [0.15, 0.2) is 0 Å². The summed E-state index contributed by atoms with van der Waals surface area (Å²) in [5.41, 5.74) is 2.68. The van der Waals surface area contributed by atoms with E-state index in [0.29, 0.717) is 24.6 Å². The average molecular weight is 429 g/mol. The number of amides is 1. The first-order chi connectivity index (χ1) is 14.4. The van der Waals surface area contributed by atoms with Gasteiger partial charge in [0.1, 0.15) is 18.9 Å². The van der Waals surface area contributed by atoms with Crippen LogP contribution in [0.15, 0.2) is 66.2 Å². The molecule has 0 saturated carbocycles. The van der Waals surface area contributed by atoms with Crippen LogP contribution in [0, 0.1) is 0 Å². The van der Waals surface area contributed by atoms with Crippen molar-refractivity contribution in [3.8, 4) is 5.75 Å². The first-order valence-electron chi connectivity index (χ1n) is 10.1. The van der Waals surface area contributed by atoms with Gasteiger partial charge in [-0.25, -0.2) is 8.42 Å². The SMILES string of the molecule is CS(=O)(=O)N(CC(=O)NCC1=CCCCC1)c1ccc(OCc2ccccc2)cc1. The molecule has 3 rings (SSSR count). The Balaban J connectivity index is 1.60. The van der Waals surface area contributed by atoms with Crippen molar-refractivity contribution in [1.82, 2.24) is 5.32 Å². The molecule has 0 heterocycles. The third-order valence-corrected chi connectivity index (χ3v) is 6.10. The molecule has 2 aromatic rings. The summed E-state index contributed by atoms with van der Waals surface area (Å²) >= 11 is 0. The largest absolute Gasteiger partial charge is 0.489 e. The molecule has 0 fully saturated rings. The first-order valence-corrected chi connectivity index (χ1v) is 12.0. The third kappa shape index (κ3) is 6.62. The molecule has 1 aliphatic rings. The minimum atomic E-state index is -3.61. The van der Waals surface area contributed by atoms with Gasteiger partial charge in [-0.1, -0.05) is 42.0 Å². The molecule has 0 radical (unpaired) electrons. The van der Waals surface area contributed by atoms with Gasteiger partial charge in [0.2, 0.25) is 15.9 Å². The zero-order chi connectivity index (χ0) is 21.4. The summed E-state index contributed by atoms with van der Waals surface area (Å²) in [7, 11) is -3.61. The Hall–Kier alpha value is -2.80. The lowest BCUT2D eigenvalue weighted by atomic mass is 10.00. The van der Waals surface area contributed by atoms with Crippen molar-refractivity contribution < 1.29 is 17.9 Å². The maximum Gasteiger partial charge on any atom is 0.241 e. The van der Waals surface area contributed by atoms with E-state index in [9.17, 15) is 13.2 Å². The second kappa shape index (κ2) is 10.3. The van der Waals surface area contributed by atoms with E-state index in [1.165, 1.54) is 12.0 Å². The number of ether oxygens (including phenoxy) is 1. The van der Waals surface area contributed by atoms with Gasteiger partial charge < -0.3 is 10.1 Å². The summed E-state index contributed by atoms with van der Waals surface area (Å²) in [6, 6.07) is 16.5. The van der Waals surface area contributed by atoms with E-state index in [1.54, 1.807) is 24.3 Å². The summed E-state index contributed by atoms with van der Waals surface area (Å²) in [6.07, 6.45) is 7.61. The zero-order valence-electron chi connectivity index (χ0n) is 17.2. The number of hydrogen-bond acceptors (Lipinski definition) is 4. The number of carbonyl (C=O) groups excluding carboxylic acids is 1. The molecule has 7 heteroatoms. The van der Waals surface area contributed by atoms with Crippen LogP contribution in [-0.2, 0) is 21.4 Å². The smallest absolute Gasteiger partial charge is 0.241 e. The highest BCUT2D eigenvalue weighted by Crippen LogP contribution is 2.22. The molecule has 0 atom stereocenters. The molecule has 160 valence electrons. The van der Waals surface area contributed by atoms with Gasteiger partial charge in [0.25, 0.3) is 0 Å². The van der Waals surface area contributed by atoms with Gasteiger partial charge in [0, 0.05) is 6.54 Å². The van der Waals surface area contributed by atoms with Crippen LogP contribution in [0.5, 0.6) is 5.75 Å². The van der Waals surface area contributed by atoms with E-state index >= 15 is 0 Å². The van der Waals surface area contributed by atoms with Crippen molar-refractivity contribution in [2.24, 2.45) is 0 Å². The summed E-state index contributed by atoms with van der Waals surface area (Å²) in [5, 5.41) is 2.84. The summed E-state index contributed by atoms with van der Waals surface area (Å²) in [6.45, 7) is 0.646. The molecule has 2 aromatic carbocycles. The van der Waals surface area contributed by atoms with Crippen molar-refractivity contribution >= 4 is 21.6 Å². The predicted octanol–water partition coefficient (Wildman–Crippen LogP) is 3.65. The van der Waals surface area contributed by atoms with Gasteiger partial charge in [0.05, 0.1) is 11.9 Å². The van der Waals surface area contributed by atoms with Crippen molar-refractivity contribution in [1.29, 1.82) is 0 Å². The monoisotopic (exact) mass is 428 g/mol. The number of hydrogen-bond donors (Lipinski definition) is 1. The van der Waals surface area contributed by atoms with E-state index in [1.807, 2.05) is 30.3 Å². The molecule has 30 heavy (non-hydrogen) atoms. The fourth-order valence-corrected chi connectivity index (χ4v) is 4.17. The Bertz CT molecular complexity index is 970. The van der Waals surface area contributed by atoms with Crippen LogP contribution in [-0.4, -0.2) is 33.7 Å². The maximum absolute atomic E-state index is 12.4. The lowest BCUT2D eigenvalue weighted by Gasteiger charge is -2.22. The minimum absolute atomic E-state index is 0.254. The minimum Gasteiger partial charge on any atom is -0.489 e. The van der Waals surface area contributed by atoms with Crippen LogP contribution in [0.1, 0.15) is 31.2 Å². The molecule has 0 aliphatic heterocycles. The molecule has 0 saturated heterocycles. The molecule has 1 aliphatic carbocycles. The lowest BCUT2D eigenvalue weighted by molar-refractivity contribution is -0.119. The van der Waals surface area contributed by atoms with E-state index in [2.05, 4.69) is 11.4 Å². The highest BCUT2D eigenvalue weighted by Gasteiger charge is 2.21. The number of allylic oxidation sites excluding steroid dienone is 1. The molecular weight excluding hydrogens is 400 g/mol. The van der Waals surface area contributed by atoms with Crippen molar-refractivity contribution in [3.05, 3.63) is 71.8 Å². The molecule has 0 spiro atoms. The fourth-order valence-electron chi connectivity index (χ4n) is 3.31. The number of sulfonamides is 1. The van der Waals surface area contributed by atoms with Gasteiger partial charge in [-0.05, 0) is 55.5 Å². The second-order valence-electron chi connectivity index (χ2n) is 7.42. The van der Waals surface area contributed by atoms with E-state index in [4.69, 9.17) is 4.74 Å². The molecule has 0 unspecified atom stereocenters. The average Bonchev–Trinajstić information content (AvgIpc) is 2.76. The number of anilines is 1. The maximum atomic E-state index is 12.4. The highest BCUT2D eigenvalue weighted by atomic mass is 32.2. The first kappa shape index (κ1) is 21.9. The predicted molar refractivity (Wildman–Crippen MR) is 119 cm³/mol. The molecule has 0 bridgehead atoms. The Morgan fingerprint density at radius 3 is 2.43 bits per heavy atom. The highest BCUT2D eigenvalue weighted by molar-refractivity contribution is 7.92.